The predicted molar refractivity (Wildman–Crippen MR) is 83.1 cm³/mol. The van der Waals surface area contributed by atoms with E-state index >= 15 is 0 Å². The van der Waals surface area contributed by atoms with Crippen molar-refractivity contribution in [2.75, 3.05) is 0 Å². The van der Waals surface area contributed by atoms with E-state index in [2.05, 4.69) is 52.8 Å². The van der Waals surface area contributed by atoms with Crippen molar-refractivity contribution in [2.45, 2.75) is 77.6 Å². The molecular formula is C18H28O2. The summed E-state index contributed by atoms with van der Waals surface area (Å²) < 4.78 is 5.84. The smallest absolute Gasteiger partial charge is 0.105 e. The van der Waals surface area contributed by atoms with Crippen LogP contribution >= 0.6 is 0 Å². The molecule has 1 aromatic carbocycles. The zero-order chi connectivity index (χ0) is 14.9. The molecule has 2 nitrogen and oxygen atoms in total. The Kier molecular flexibility index (Phi) is 4.87. The summed E-state index contributed by atoms with van der Waals surface area (Å²) in [6, 6.07) is 6.50. The summed E-state index contributed by atoms with van der Waals surface area (Å²) in [6.07, 6.45) is 1.72. The van der Waals surface area contributed by atoms with Gasteiger partial charge in [-0.05, 0) is 48.3 Å². The van der Waals surface area contributed by atoms with Crippen LogP contribution in [-0.4, -0.2) is 17.3 Å². The molecule has 1 aliphatic rings. The van der Waals surface area contributed by atoms with Gasteiger partial charge in [-0.2, -0.15) is 0 Å². The van der Waals surface area contributed by atoms with E-state index in [0.717, 1.165) is 18.4 Å². The minimum atomic E-state index is -0.501. The third-order valence-corrected chi connectivity index (χ3v) is 4.34. The molecule has 1 fully saturated rings. The molecule has 0 spiro atoms. The Morgan fingerprint density at radius 3 is 2.25 bits per heavy atom. The van der Waals surface area contributed by atoms with Crippen LogP contribution in [-0.2, 0) is 4.74 Å². The van der Waals surface area contributed by atoms with Crippen LogP contribution < -0.4 is 0 Å². The molecule has 3 atom stereocenters. The highest BCUT2D eigenvalue weighted by atomic mass is 16.5. The maximum atomic E-state index is 10.7. The van der Waals surface area contributed by atoms with Gasteiger partial charge in [-0.15, -0.1) is 0 Å². The molecule has 112 valence electrons. The van der Waals surface area contributed by atoms with Crippen molar-refractivity contribution in [1.29, 1.82) is 0 Å². The first-order chi connectivity index (χ1) is 9.40. The Bertz CT molecular complexity index is 451. The maximum Gasteiger partial charge on any atom is 0.105 e. The van der Waals surface area contributed by atoms with E-state index in [4.69, 9.17) is 4.74 Å². The molecule has 1 aliphatic heterocycles. The van der Waals surface area contributed by atoms with Crippen molar-refractivity contribution in [3.8, 4) is 0 Å². The molecular weight excluding hydrogens is 248 g/mol. The molecule has 2 heteroatoms. The second-order valence-electron chi connectivity index (χ2n) is 6.71. The third-order valence-electron chi connectivity index (χ3n) is 4.34. The number of aliphatic hydroxyl groups excluding tert-OH is 1. The largest absolute Gasteiger partial charge is 0.386 e. The number of aliphatic hydroxyl groups is 1. The lowest BCUT2D eigenvalue weighted by Gasteiger charge is -2.24. The van der Waals surface area contributed by atoms with Gasteiger partial charge < -0.3 is 9.84 Å². The van der Waals surface area contributed by atoms with Gasteiger partial charge in [-0.3, -0.25) is 0 Å². The SMILES string of the molecule is CC1CCC(C(O)c2ccc(C(C)C)cc2C(C)C)O1. The van der Waals surface area contributed by atoms with E-state index in [1.165, 1.54) is 11.1 Å². The van der Waals surface area contributed by atoms with Gasteiger partial charge >= 0.3 is 0 Å². The van der Waals surface area contributed by atoms with E-state index < -0.39 is 6.10 Å². The summed E-state index contributed by atoms with van der Waals surface area (Å²) >= 11 is 0. The average molecular weight is 276 g/mol. The average Bonchev–Trinajstić information content (AvgIpc) is 2.83. The molecule has 1 saturated heterocycles. The molecule has 0 saturated carbocycles. The highest BCUT2D eigenvalue weighted by Crippen LogP contribution is 2.35. The minimum absolute atomic E-state index is 0.0487. The first-order valence-electron chi connectivity index (χ1n) is 7.87. The van der Waals surface area contributed by atoms with Crippen molar-refractivity contribution in [3.63, 3.8) is 0 Å². The van der Waals surface area contributed by atoms with Gasteiger partial charge in [0, 0.05) is 0 Å². The Balaban J connectivity index is 2.30. The zero-order valence-corrected chi connectivity index (χ0v) is 13.4. The Morgan fingerprint density at radius 1 is 1.05 bits per heavy atom. The fourth-order valence-electron chi connectivity index (χ4n) is 2.99. The van der Waals surface area contributed by atoms with Crippen molar-refractivity contribution < 1.29 is 9.84 Å². The lowest BCUT2D eigenvalue weighted by atomic mass is 9.87. The molecule has 20 heavy (non-hydrogen) atoms. The quantitative estimate of drug-likeness (QED) is 0.875. The third kappa shape index (κ3) is 3.24. The monoisotopic (exact) mass is 276 g/mol. The van der Waals surface area contributed by atoms with E-state index in [-0.39, 0.29) is 12.2 Å². The van der Waals surface area contributed by atoms with Crippen LogP contribution in [0, 0.1) is 0 Å². The summed E-state index contributed by atoms with van der Waals surface area (Å²) in [6.45, 7) is 10.9. The highest BCUT2D eigenvalue weighted by Gasteiger charge is 2.30. The van der Waals surface area contributed by atoms with Crippen molar-refractivity contribution in [1.82, 2.24) is 0 Å². The van der Waals surface area contributed by atoms with E-state index in [1.54, 1.807) is 0 Å². The lowest BCUT2D eigenvalue weighted by Crippen LogP contribution is -2.20. The molecule has 1 heterocycles. The Morgan fingerprint density at radius 2 is 1.75 bits per heavy atom. The number of rotatable bonds is 4. The lowest BCUT2D eigenvalue weighted by molar-refractivity contribution is -0.0301. The fourth-order valence-corrected chi connectivity index (χ4v) is 2.99. The molecule has 1 N–H and O–H groups in total. The number of hydrogen-bond donors (Lipinski definition) is 1. The molecule has 0 amide bonds. The summed E-state index contributed by atoms with van der Waals surface area (Å²) in [4.78, 5) is 0. The zero-order valence-electron chi connectivity index (χ0n) is 13.4. The first-order valence-corrected chi connectivity index (χ1v) is 7.87. The standard InChI is InChI=1S/C18H28O2/c1-11(2)14-7-8-15(16(10-14)12(3)4)18(19)17-9-6-13(5)20-17/h7-8,10-13,17-19H,6,9H2,1-5H3. The summed E-state index contributed by atoms with van der Waals surface area (Å²) in [5.74, 6) is 0.929. The molecule has 0 aromatic heterocycles. The highest BCUT2D eigenvalue weighted by molar-refractivity contribution is 5.37. The van der Waals surface area contributed by atoms with Crippen LogP contribution in [0.5, 0.6) is 0 Å². The van der Waals surface area contributed by atoms with Crippen LogP contribution in [0.1, 0.15) is 82.1 Å². The number of ether oxygens (including phenoxy) is 1. The number of hydrogen-bond acceptors (Lipinski definition) is 2. The molecule has 2 rings (SSSR count). The van der Waals surface area contributed by atoms with Gasteiger partial charge in [0.2, 0.25) is 0 Å². The van der Waals surface area contributed by atoms with E-state index in [0.29, 0.717) is 11.8 Å². The summed E-state index contributed by atoms with van der Waals surface area (Å²) in [5, 5.41) is 10.7. The van der Waals surface area contributed by atoms with Crippen LogP contribution in [0.2, 0.25) is 0 Å². The van der Waals surface area contributed by atoms with Crippen LogP contribution in [0.25, 0.3) is 0 Å². The van der Waals surface area contributed by atoms with Gasteiger partial charge in [-0.25, -0.2) is 0 Å². The van der Waals surface area contributed by atoms with Gasteiger partial charge in [0.15, 0.2) is 0 Å². The predicted octanol–water partition coefficient (Wildman–Crippen LogP) is 4.53. The summed E-state index contributed by atoms with van der Waals surface area (Å²) in [7, 11) is 0. The van der Waals surface area contributed by atoms with Gasteiger partial charge in [0.1, 0.15) is 6.10 Å². The fraction of sp³-hybridized carbons (Fsp3) is 0.667. The summed E-state index contributed by atoms with van der Waals surface area (Å²) in [5.41, 5.74) is 3.64. The molecule has 3 unspecified atom stereocenters. The first kappa shape index (κ1) is 15.5. The van der Waals surface area contributed by atoms with E-state index in [1.807, 2.05) is 0 Å². The van der Waals surface area contributed by atoms with E-state index in [9.17, 15) is 5.11 Å². The Labute approximate surface area is 123 Å². The van der Waals surface area contributed by atoms with Crippen LogP contribution in [0.15, 0.2) is 18.2 Å². The van der Waals surface area contributed by atoms with Crippen LogP contribution in [0.4, 0.5) is 0 Å². The second kappa shape index (κ2) is 6.28. The normalized spacial score (nSPS) is 24.6. The Hall–Kier alpha value is -0.860. The molecule has 1 aromatic rings. The van der Waals surface area contributed by atoms with Crippen molar-refractivity contribution >= 4 is 0 Å². The van der Waals surface area contributed by atoms with Crippen molar-refractivity contribution in [2.24, 2.45) is 0 Å². The molecule has 0 radical (unpaired) electrons. The molecule has 0 bridgehead atoms. The van der Waals surface area contributed by atoms with Crippen LogP contribution in [0.3, 0.4) is 0 Å². The van der Waals surface area contributed by atoms with Gasteiger partial charge in [0.25, 0.3) is 0 Å². The topological polar surface area (TPSA) is 29.5 Å². The minimum Gasteiger partial charge on any atom is -0.386 e. The van der Waals surface area contributed by atoms with Gasteiger partial charge in [0.05, 0.1) is 12.2 Å². The van der Waals surface area contributed by atoms with Crippen molar-refractivity contribution in [3.05, 3.63) is 34.9 Å². The van der Waals surface area contributed by atoms with Gasteiger partial charge in [-0.1, -0.05) is 45.9 Å². The second-order valence-corrected chi connectivity index (χ2v) is 6.71. The molecule has 0 aliphatic carbocycles. The number of benzene rings is 1. The maximum absolute atomic E-state index is 10.7.